The molecule has 0 bridgehead atoms. The molecule has 108 valence electrons. The lowest BCUT2D eigenvalue weighted by atomic mass is 10.2. The topological polar surface area (TPSA) is 84.9 Å². The number of aromatic nitrogens is 3. The average Bonchev–Trinajstić information content (AvgIpc) is 3.05. The second kappa shape index (κ2) is 5.38. The van der Waals surface area contributed by atoms with Crippen molar-refractivity contribution in [2.75, 3.05) is 6.61 Å². The highest BCUT2D eigenvalue weighted by atomic mass is 32.1. The second-order valence-electron chi connectivity index (χ2n) is 4.26. The van der Waals surface area contributed by atoms with E-state index in [0.717, 1.165) is 16.3 Å². The molecule has 0 atom stereocenters. The molecule has 21 heavy (non-hydrogen) atoms. The van der Waals surface area contributed by atoms with Crippen LogP contribution >= 0.6 is 22.7 Å². The van der Waals surface area contributed by atoms with Crippen molar-refractivity contribution in [1.29, 1.82) is 0 Å². The Morgan fingerprint density at radius 3 is 2.81 bits per heavy atom. The molecule has 3 aromatic heterocycles. The predicted molar refractivity (Wildman–Crippen MR) is 82.0 cm³/mol. The number of ether oxygens (including phenoxy) is 1. The first-order valence-electron chi connectivity index (χ1n) is 6.21. The smallest absolute Gasteiger partial charge is 0.374 e. The molecule has 0 radical (unpaired) electrons. The van der Waals surface area contributed by atoms with E-state index in [1.165, 1.54) is 22.7 Å². The van der Waals surface area contributed by atoms with Gasteiger partial charge in [-0.25, -0.2) is 14.8 Å². The number of hydrogen-bond donors (Lipinski definition) is 1. The minimum Gasteiger partial charge on any atom is -0.460 e. The van der Waals surface area contributed by atoms with Crippen molar-refractivity contribution in [1.82, 2.24) is 15.0 Å². The van der Waals surface area contributed by atoms with E-state index in [-0.39, 0.29) is 18.0 Å². The molecule has 0 amide bonds. The number of hydrogen-bond acceptors (Lipinski definition) is 7. The predicted octanol–water partition coefficient (Wildman–Crippen LogP) is 2.59. The van der Waals surface area contributed by atoms with Gasteiger partial charge >= 0.3 is 5.97 Å². The zero-order valence-electron chi connectivity index (χ0n) is 11.3. The Balaban J connectivity index is 2.16. The largest absolute Gasteiger partial charge is 0.460 e. The Hall–Kier alpha value is -2.06. The van der Waals surface area contributed by atoms with Gasteiger partial charge in [-0.05, 0) is 13.8 Å². The molecule has 0 aromatic carbocycles. The Kier molecular flexibility index (Phi) is 3.56. The van der Waals surface area contributed by atoms with Gasteiger partial charge in [0.2, 0.25) is 5.82 Å². The van der Waals surface area contributed by atoms with Gasteiger partial charge in [0.25, 0.3) is 5.56 Å². The number of nitrogens with zero attached hydrogens (tertiary/aromatic N) is 2. The summed E-state index contributed by atoms with van der Waals surface area (Å²) in [7, 11) is 0. The first-order valence-corrected chi connectivity index (χ1v) is 7.97. The molecule has 0 aliphatic rings. The molecule has 0 spiro atoms. The maximum Gasteiger partial charge on any atom is 0.374 e. The van der Waals surface area contributed by atoms with Crippen LogP contribution in [0.25, 0.3) is 20.8 Å². The Labute approximate surface area is 127 Å². The lowest BCUT2D eigenvalue weighted by Crippen LogP contribution is -2.17. The van der Waals surface area contributed by atoms with Gasteiger partial charge in [-0.15, -0.1) is 22.7 Å². The summed E-state index contributed by atoms with van der Waals surface area (Å²) in [5.41, 5.74) is 1.30. The van der Waals surface area contributed by atoms with E-state index in [1.807, 2.05) is 17.7 Å². The van der Waals surface area contributed by atoms with E-state index in [4.69, 9.17) is 4.74 Å². The first-order chi connectivity index (χ1) is 10.1. The molecule has 0 aliphatic carbocycles. The molecule has 6 nitrogen and oxygen atoms in total. The van der Waals surface area contributed by atoms with E-state index in [0.29, 0.717) is 10.2 Å². The highest BCUT2D eigenvalue weighted by Crippen LogP contribution is 2.32. The van der Waals surface area contributed by atoms with E-state index in [1.54, 1.807) is 6.92 Å². The van der Waals surface area contributed by atoms with Gasteiger partial charge in [-0.1, -0.05) is 0 Å². The highest BCUT2D eigenvalue weighted by Gasteiger charge is 2.18. The van der Waals surface area contributed by atoms with Crippen LogP contribution in [-0.4, -0.2) is 27.5 Å². The molecular formula is C13H11N3O3S2. The van der Waals surface area contributed by atoms with Crippen LogP contribution < -0.4 is 5.56 Å². The fourth-order valence-electron chi connectivity index (χ4n) is 1.88. The van der Waals surface area contributed by atoms with Crippen molar-refractivity contribution in [2.24, 2.45) is 0 Å². The molecule has 0 saturated heterocycles. The third-order valence-corrected chi connectivity index (χ3v) is 4.63. The van der Waals surface area contributed by atoms with Crippen molar-refractivity contribution >= 4 is 38.9 Å². The summed E-state index contributed by atoms with van der Waals surface area (Å²) in [6, 6.07) is 0. The van der Waals surface area contributed by atoms with Gasteiger partial charge in [0.05, 0.1) is 12.0 Å². The quantitative estimate of drug-likeness (QED) is 0.749. The molecule has 3 rings (SSSR count). The van der Waals surface area contributed by atoms with Crippen LogP contribution in [0.3, 0.4) is 0 Å². The summed E-state index contributed by atoms with van der Waals surface area (Å²) in [5.74, 6) is -0.699. The number of thiazole rings is 1. The second-order valence-corrected chi connectivity index (χ2v) is 5.97. The normalized spacial score (nSPS) is 11.0. The van der Waals surface area contributed by atoms with Crippen LogP contribution in [0.1, 0.15) is 23.2 Å². The molecular weight excluding hydrogens is 310 g/mol. The summed E-state index contributed by atoms with van der Waals surface area (Å²) in [4.78, 5) is 35.5. The summed E-state index contributed by atoms with van der Waals surface area (Å²) >= 11 is 2.78. The van der Waals surface area contributed by atoms with E-state index in [2.05, 4.69) is 15.0 Å². The molecule has 3 aromatic rings. The number of aryl methyl sites for hydroxylation is 1. The SMILES string of the molecule is CCOC(=O)c1nc2scc(-c3nc(C)cs3)c2c(=O)[nH]1. The lowest BCUT2D eigenvalue weighted by Gasteiger charge is -2.00. The van der Waals surface area contributed by atoms with E-state index in [9.17, 15) is 9.59 Å². The summed E-state index contributed by atoms with van der Waals surface area (Å²) in [6.45, 7) is 3.83. The monoisotopic (exact) mass is 321 g/mol. The summed E-state index contributed by atoms with van der Waals surface area (Å²) in [6.07, 6.45) is 0. The number of carbonyl (C=O) groups excluding carboxylic acids is 1. The number of rotatable bonds is 3. The minimum absolute atomic E-state index is 0.0712. The lowest BCUT2D eigenvalue weighted by molar-refractivity contribution is 0.0512. The Morgan fingerprint density at radius 1 is 1.33 bits per heavy atom. The Morgan fingerprint density at radius 2 is 2.14 bits per heavy atom. The maximum absolute atomic E-state index is 12.3. The van der Waals surface area contributed by atoms with Crippen molar-refractivity contribution in [3.63, 3.8) is 0 Å². The molecule has 0 fully saturated rings. The van der Waals surface area contributed by atoms with E-state index >= 15 is 0 Å². The van der Waals surface area contributed by atoms with Crippen LogP contribution in [-0.2, 0) is 4.74 Å². The molecule has 3 heterocycles. The third-order valence-electron chi connectivity index (χ3n) is 2.76. The van der Waals surface area contributed by atoms with Gasteiger partial charge in [0, 0.05) is 22.0 Å². The van der Waals surface area contributed by atoms with Crippen molar-refractivity contribution in [3.05, 3.63) is 32.6 Å². The number of nitrogens with one attached hydrogen (secondary N) is 1. The van der Waals surface area contributed by atoms with E-state index < -0.39 is 5.97 Å². The minimum atomic E-state index is -0.628. The van der Waals surface area contributed by atoms with Crippen LogP contribution in [0.2, 0.25) is 0 Å². The molecule has 0 aliphatic heterocycles. The molecule has 0 unspecified atom stereocenters. The number of aromatic amines is 1. The molecule has 8 heteroatoms. The number of thiophene rings is 1. The summed E-state index contributed by atoms with van der Waals surface area (Å²) < 4.78 is 4.85. The van der Waals surface area contributed by atoms with Gasteiger partial charge in [-0.3, -0.25) is 4.79 Å². The standard InChI is InChI=1S/C13H11N3O3S2/c1-3-19-13(18)9-15-10(17)8-7(5-21-12(8)16-9)11-14-6(2)4-20-11/h4-5H,3H2,1-2H3,(H,15,16,17). The van der Waals surface area contributed by atoms with Crippen LogP contribution in [0.15, 0.2) is 15.6 Å². The van der Waals surface area contributed by atoms with Crippen molar-refractivity contribution < 1.29 is 9.53 Å². The van der Waals surface area contributed by atoms with Crippen LogP contribution in [0.4, 0.5) is 0 Å². The zero-order valence-corrected chi connectivity index (χ0v) is 12.9. The number of H-pyrrole nitrogens is 1. The number of fused-ring (bicyclic) bond motifs is 1. The third kappa shape index (κ3) is 2.47. The first kappa shape index (κ1) is 13.9. The van der Waals surface area contributed by atoms with Crippen molar-refractivity contribution in [3.8, 4) is 10.6 Å². The highest BCUT2D eigenvalue weighted by molar-refractivity contribution is 7.18. The zero-order chi connectivity index (χ0) is 15.0. The average molecular weight is 321 g/mol. The van der Waals surface area contributed by atoms with Crippen LogP contribution in [0.5, 0.6) is 0 Å². The fourth-order valence-corrected chi connectivity index (χ4v) is 3.70. The maximum atomic E-state index is 12.3. The number of esters is 1. The molecule has 1 N–H and O–H groups in total. The van der Waals surface area contributed by atoms with Gasteiger partial charge in [-0.2, -0.15) is 0 Å². The van der Waals surface area contributed by atoms with Gasteiger partial charge in [0.1, 0.15) is 9.84 Å². The van der Waals surface area contributed by atoms with Gasteiger partial charge < -0.3 is 9.72 Å². The fraction of sp³-hybridized carbons (Fsp3) is 0.231. The van der Waals surface area contributed by atoms with Gasteiger partial charge in [0.15, 0.2) is 0 Å². The molecule has 0 saturated carbocycles. The number of carbonyl (C=O) groups is 1. The van der Waals surface area contributed by atoms with Crippen LogP contribution in [0, 0.1) is 6.92 Å². The summed E-state index contributed by atoms with van der Waals surface area (Å²) in [5, 5.41) is 4.99. The van der Waals surface area contributed by atoms with Crippen molar-refractivity contribution in [2.45, 2.75) is 13.8 Å². The Bertz CT molecular complexity index is 878.